The van der Waals surface area contributed by atoms with Crippen molar-refractivity contribution in [2.75, 3.05) is 11.9 Å². The molecule has 0 bridgehead atoms. The third kappa shape index (κ3) is 3.39. The molecule has 19 heavy (non-hydrogen) atoms. The standard InChI is InChI=1S/C9H11F3N4O2S/c10-9(11,12)7-15-16-8(19-7)14-6(17)5-2-1-4(3-13)18-5/h4-5H,1-3,13H2,(H,14,16,17)/t4-,5+/m1/s1. The molecule has 106 valence electrons. The van der Waals surface area contributed by atoms with Crippen LogP contribution in [0.2, 0.25) is 0 Å². The number of halogens is 3. The Bertz CT molecular complexity index is 465. The molecule has 0 spiro atoms. The van der Waals surface area contributed by atoms with Crippen molar-refractivity contribution in [3.8, 4) is 0 Å². The van der Waals surface area contributed by atoms with Crippen LogP contribution in [0, 0.1) is 0 Å². The second-order valence-electron chi connectivity index (χ2n) is 3.96. The average Bonchev–Trinajstić information content (AvgIpc) is 2.95. The van der Waals surface area contributed by atoms with Crippen molar-refractivity contribution >= 4 is 22.4 Å². The summed E-state index contributed by atoms with van der Waals surface area (Å²) in [5.74, 6) is -0.527. The lowest BCUT2D eigenvalue weighted by atomic mass is 10.2. The molecule has 0 radical (unpaired) electrons. The zero-order valence-corrected chi connectivity index (χ0v) is 10.4. The summed E-state index contributed by atoms with van der Waals surface area (Å²) in [4.78, 5) is 11.7. The maximum Gasteiger partial charge on any atom is 0.445 e. The van der Waals surface area contributed by atoms with E-state index >= 15 is 0 Å². The number of hydrogen-bond donors (Lipinski definition) is 2. The van der Waals surface area contributed by atoms with Gasteiger partial charge < -0.3 is 10.5 Å². The molecule has 2 rings (SSSR count). The molecule has 1 aliphatic heterocycles. The fraction of sp³-hybridized carbons (Fsp3) is 0.667. The van der Waals surface area contributed by atoms with Crippen LogP contribution in [0.25, 0.3) is 0 Å². The summed E-state index contributed by atoms with van der Waals surface area (Å²) in [5, 5.41) is 7.20. The zero-order valence-electron chi connectivity index (χ0n) is 9.61. The molecule has 0 aliphatic carbocycles. The summed E-state index contributed by atoms with van der Waals surface area (Å²) in [7, 11) is 0. The van der Waals surface area contributed by atoms with Gasteiger partial charge in [0.15, 0.2) is 0 Å². The number of rotatable bonds is 3. The normalized spacial score (nSPS) is 23.6. The maximum absolute atomic E-state index is 12.3. The van der Waals surface area contributed by atoms with Gasteiger partial charge in [0.05, 0.1) is 6.10 Å². The van der Waals surface area contributed by atoms with Crippen molar-refractivity contribution in [3.63, 3.8) is 0 Å². The Morgan fingerprint density at radius 3 is 2.74 bits per heavy atom. The van der Waals surface area contributed by atoms with E-state index in [0.29, 0.717) is 19.4 Å². The molecule has 0 unspecified atom stereocenters. The lowest BCUT2D eigenvalue weighted by Gasteiger charge is -2.10. The van der Waals surface area contributed by atoms with Gasteiger partial charge in [-0.25, -0.2) is 0 Å². The number of carbonyl (C=O) groups excluding carboxylic acids is 1. The zero-order chi connectivity index (χ0) is 14.0. The highest BCUT2D eigenvalue weighted by atomic mass is 32.1. The number of aromatic nitrogens is 2. The number of hydrogen-bond acceptors (Lipinski definition) is 6. The molecule has 2 atom stereocenters. The largest absolute Gasteiger partial charge is 0.445 e. The van der Waals surface area contributed by atoms with Crippen molar-refractivity contribution in [1.29, 1.82) is 0 Å². The first-order valence-corrected chi connectivity index (χ1v) is 6.29. The van der Waals surface area contributed by atoms with Crippen LogP contribution < -0.4 is 11.1 Å². The first-order valence-electron chi connectivity index (χ1n) is 5.47. The van der Waals surface area contributed by atoms with Gasteiger partial charge in [-0.3, -0.25) is 10.1 Å². The molecule has 0 saturated carbocycles. The van der Waals surface area contributed by atoms with Gasteiger partial charge in [0.2, 0.25) is 10.1 Å². The molecule has 1 aromatic heterocycles. The van der Waals surface area contributed by atoms with Crippen LogP contribution >= 0.6 is 11.3 Å². The van der Waals surface area contributed by atoms with Gasteiger partial charge >= 0.3 is 6.18 Å². The van der Waals surface area contributed by atoms with Crippen LogP contribution in [-0.2, 0) is 15.7 Å². The molecular formula is C9H11F3N4O2S. The Morgan fingerprint density at radius 1 is 1.47 bits per heavy atom. The van der Waals surface area contributed by atoms with Crippen LogP contribution in [0.5, 0.6) is 0 Å². The van der Waals surface area contributed by atoms with Crippen LogP contribution in [0.4, 0.5) is 18.3 Å². The van der Waals surface area contributed by atoms with Crippen molar-refractivity contribution in [2.45, 2.75) is 31.2 Å². The smallest absolute Gasteiger partial charge is 0.364 e. The highest BCUT2D eigenvalue weighted by Gasteiger charge is 2.36. The van der Waals surface area contributed by atoms with Gasteiger partial charge in [0.1, 0.15) is 6.10 Å². The monoisotopic (exact) mass is 296 g/mol. The third-order valence-electron chi connectivity index (χ3n) is 2.56. The number of nitrogens with two attached hydrogens (primary N) is 1. The van der Waals surface area contributed by atoms with Crippen molar-refractivity contribution in [3.05, 3.63) is 5.01 Å². The van der Waals surface area contributed by atoms with Crippen LogP contribution in [0.3, 0.4) is 0 Å². The lowest BCUT2D eigenvalue weighted by molar-refractivity contribution is -0.138. The Kier molecular flexibility index (Phi) is 4.02. The number of nitrogens with one attached hydrogen (secondary N) is 1. The fourth-order valence-electron chi connectivity index (χ4n) is 1.65. The van der Waals surface area contributed by atoms with Gasteiger partial charge in [-0.15, -0.1) is 10.2 Å². The molecule has 1 aliphatic rings. The number of amides is 1. The summed E-state index contributed by atoms with van der Waals surface area (Å²) in [5.41, 5.74) is 5.40. The van der Waals surface area contributed by atoms with Crippen LogP contribution in [0.15, 0.2) is 0 Å². The average molecular weight is 296 g/mol. The van der Waals surface area contributed by atoms with E-state index in [1.807, 2.05) is 0 Å². The number of nitrogens with zero attached hydrogens (tertiary/aromatic N) is 2. The molecule has 0 aromatic carbocycles. The molecule has 6 nitrogen and oxygen atoms in total. The minimum absolute atomic E-state index is 0.184. The van der Waals surface area contributed by atoms with E-state index in [4.69, 9.17) is 10.5 Å². The van der Waals surface area contributed by atoms with E-state index in [0.717, 1.165) is 0 Å². The highest BCUT2D eigenvalue weighted by Crippen LogP contribution is 2.33. The first-order chi connectivity index (χ1) is 8.90. The molecule has 1 amide bonds. The van der Waals surface area contributed by atoms with Crippen molar-refractivity contribution in [2.24, 2.45) is 5.73 Å². The minimum Gasteiger partial charge on any atom is -0.364 e. The number of carbonyl (C=O) groups is 1. The maximum atomic E-state index is 12.3. The third-order valence-corrected chi connectivity index (χ3v) is 3.44. The van der Waals surface area contributed by atoms with E-state index in [-0.39, 0.29) is 22.6 Å². The van der Waals surface area contributed by atoms with Crippen LogP contribution in [0.1, 0.15) is 17.8 Å². The number of alkyl halides is 3. The van der Waals surface area contributed by atoms with Crippen molar-refractivity contribution < 1.29 is 22.7 Å². The van der Waals surface area contributed by atoms with E-state index in [2.05, 4.69) is 15.5 Å². The molecule has 10 heteroatoms. The number of anilines is 1. The van der Waals surface area contributed by atoms with E-state index in [1.54, 1.807) is 0 Å². The lowest BCUT2D eigenvalue weighted by Crippen LogP contribution is -2.29. The first kappa shape index (κ1) is 14.2. The molecule has 1 fully saturated rings. The summed E-state index contributed by atoms with van der Waals surface area (Å²) in [6, 6.07) is 0. The molecular weight excluding hydrogens is 285 g/mol. The summed E-state index contributed by atoms with van der Waals surface area (Å²) >= 11 is 0.274. The Labute approximate surface area is 110 Å². The van der Waals surface area contributed by atoms with Gasteiger partial charge in [-0.1, -0.05) is 11.3 Å². The Hall–Kier alpha value is -1.26. The van der Waals surface area contributed by atoms with Crippen LogP contribution in [-0.4, -0.2) is 34.9 Å². The summed E-state index contributed by atoms with van der Waals surface area (Å²) in [6.45, 7) is 0.306. The number of ether oxygens (including phenoxy) is 1. The molecule has 1 aromatic rings. The second kappa shape index (κ2) is 5.39. The summed E-state index contributed by atoms with van der Waals surface area (Å²) in [6.07, 6.45) is -4.31. The van der Waals surface area contributed by atoms with E-state index < -0.39 is 23.2 Å². The fourth-order valence-corrected chi connectivity index (χ4v) is 2.26. The highest BCUT2D eigenvalue weighted by molar-refractivity contribution is 7.15. The minimum atomic E-state index is -4.56. The topological polar surface area (TPSA) is 90.1 Å². The van der Waals surface area contributed by atoms with Gasteiger partial charge in [-0.2, -0.15) is 13.2 Å². The Balaban J connectivity index is 1.94. The second-order valence-corrected chi connectivity index (χ2v) is 4.94. The molecule has 1 saturated heterocycles. The molecule has 3 N–H and O–H groups in total. The van der Waals surface area contributed by atoms with Gasteiger partial charge in [-0.05, 0) is 12.8 Å². The quantitative estimate of drug-likeness (QED) is 0.868. The Morgan fingerprint density at radius 2 is 2.21 bits per heavy atom. The van der Waals surface area contributed by atoms with Gasteiger partial charge in [0.25, 0.3) is 5.91 Å². The predicted octanol–water partition coefficient (Wildman–Crippen LogP) is 1.00. The summed E-state index contributed by atoms with van der Waals surface area (Å²) < 4.78 is 42.2. The van der Waals surface area contributed by atoms with Gasteiger partial charge in [0, 0.05) is 6.54 Å². The van der Waals surface area contributed by atoms with E-state index in [1.165, 1.54) is 0 Å². The SMILES string of the molecule is NC[C@H]1CC[C@@H](C(=O)Nc2nnc(C(F)(F)F)s2)O1. The molecule has 2 heterocycles. The van der Waals surface area contributed by atoms with E-state index in [9.17, 15) is 18.0 Å². The predicted molar refractivity (Wildman–Crippen MR) is 60.5 cm³/mol. The van der Waals surface area contributed by atoms with Crippen molar-refractivity contribution in [1.82, 2.24) is 10.2 Å².